The number of benzene rings is 1. The predicted molar refractivity (Wildman–Crippen MR) is 99.6 cm³/mol. The molecule has 2 aliphatic carbocycles. The summed E-state index contributed by atoms with van der Waals surface area (Å²) >= 11 is 0. The zero-order valence-electron chi connectivity index (χ0n) is 15.6. The molecule has 4 unspecified atom stereocenters. The summed E-state index contributed by atoms with van der Waals surface area (Å²) in [6.07, 6.45) is -0.230. The molecule has 0 spiro atoms. The van der Waals surface area contributed by atoms with Gasteiger partial charge in [0.15, 0.2) is 0 Å². The molecule has 0 aliphatic heterocycles. The van der Waals surface area contributed by atoms with Crippen LogP contribution < -0.4 is 0 Å². The van der Waals surface area contributed by atoms with E-state index in [1.54, 1.807) is 31.2 Å². The molecule has 4 atom stereocenters. The smallest absolute Gasteiger partial charge is 0.297 e. The predicted octanol–water partition coefficient (Wildman–Crippen LogP) is 5.92. The van der Waals surface area contributed by atoms with Gasteiger partial charge in [0.25, 0.3) is 5.52 Å². The number of halogens is 2. The van der Waals surface area contributed by atoms with Crippen molar-refractivity contribution in [3.63, 3.8) is 0 Å². The number of hydrogen-bond donors (Lipinski definition) is 0. The Hall–Kier alpha value is -1.10. The number of carbonyl (C=O) groups excluding carboxylic acids is 1. The molecule has 0 radical (unpaired) electrons. The number of carbonyl (C=O) groups is 1. The summed E-state index contributed by atoms with van der Waals surface area (Å²) in [5.41, 5.74) is 0.0187. The Kier molecular flexibility index (Phi) is 6.83. The minimum absolute atomic E-state index is 0.207. The first-order chi connectivity index (χ1) is 12.9. The van der Waals surface area contributed by atoms with Crippen molar-refractivity contribution in [3.8, 4) is 0 Å². The molecule has 27 heavy (non-hydrogen) atoms. The third kappa shape index (κ3) is 4.85. The molecular weight excluding hydrogens is 373 g/mol. The maximum absolute atomic E-state index is 14.3. The van der Waals surface area contributed by atoms with E-state index in [0.29, 0.717) is 31.2 Å². The largest absolute Gasteiger partial charge is 0.402 e. The lowest BCUT2D eigenvalue weighted by atomic mass is 9.96. The fourth-order valence-electron chi connectivity index (χ4n) is 3.78. The Balaban J connectivity index is 1.88. The third-order valence-electron chi connectivity index (χ3n) is 5.42. The van der Waals surface area contributed by atoms with Crippen LogP contribution in [0.3, 0.4) is 0 Å². The van der Waals surface area contributed by atoms with Gasteiger partial charge in [-0.3, -0.25) is 18.4 Å². The Morgan fingerprint density at radius 1 is 0.926 bits per heavy atom. The molecule has 0 bridgehead atoms. The Morgan fingerprint density at radius 2 is 1.41 bits per heavy atom. The third-order valence-corrected chi connectivity index (χ3v) is 7.25. The Labute approximate surface area is 159 Å². The highest BCUT2D eigenvalue weighted by atomic mass is 31.2. The van der Waals surface area contributed by atoms with Crippen molar-refractivity contribution < 1.29 is 27.2 Å². The molecule has 0 aromatic heterocycles. The highest BCUT2D eigenvalue weighted by molar-refractivity contribution is 7.72. The van der Waals surface area contributed by atoms with Crippen LogP contribution in [0.1, 0.15) is 67.3 Å². The summed E-state index contributed by atoms with van der Waals surface area (Å²) in [5.74, 6) is 0. The monoisotopic (exact) mass is 400 g/mol. The van der Waals surface area contributed by atoms with Gasteiger partial charge >= 0.3 is 7.60 Å². The molecule has 2 saturated carbocycles. The van der Waals surface area contributed by atoms with Crippen LogP contribution in [0.15, 0.2) is 24.3 Å². The van der Waals surface area contributed by atoms with E-state index < -0.39 is 37.7 Å². The first-order valence-electron chi connectivity index (χ1n) is 9.76. The van der Waals surface area contributed by atoms with Crippen LogP contribution in [0.25, 0.3) is 0 Å². The maximum atomic E-state index is 14.3. The fourth-order valence-corrected chi connectivity index (χ4v) is 5.75. The van der Waals surface area contributed by atoms with Gasteiger partial charge in [0.2, 0.25) is 0 Å². The Bertz CT molecular complexity index is 683. The fraction of sp³-hybridized carbons (Fsp3) is 0.650. The van der Waals surface area contributed by atoms with Crippen LogP contribution in [0, 0.1) is 6.92 Å². The molecule has 2 aliphatic rings. The minimum Gasteiger partial charge on any atom is -0.297 e. The molecule has 0 saturated heterocycles. The molecule has 1 aromatic rings. The quantitative estimate of drug-likeness (QED) is 0.556. The van der Waals surface area contributed by atoms with Gasteiger partial charge in [0, 0.05) is 5.56 Å². The molecule has 1 aromatic carbocycles. The van der Waals surface area contributed by atoms with Gasteiger partial charge in [-0.1, -0.05) is 49.9 Å². The first-order valence-corrected chi connectivity index (χ1v) is 11.3. The van der Waals surface area contributed by atoms with Crippen molar-refractivity contribution in [2.24, 2.45) is 0 Å². The summed E-state index contributed by atoms with van der Waals surface area (Å²) in [4.78, 5) is 13.1. The first kappa shape index (κ1) is 20.6. The second-order valence-corrected chi connectivity index (χ2v) is 9.33. The van der Waals surface area contributed by atoms with Gasteiger partial charge in [0.05, 0.1) is 12.2 Å². The van der Waals surface area contributed by atoms with E-state index in [2.05, 4.69) is 0 Å². The molecule has 0 N–H and O–H groups in total. The van der Waals surface area contributed by atoms with E-state index in [-0.39, 0.29) is 5.56 Å². The van der Waals surface area contributed by atoms with Crippen molar-refractivity contribution in [1.82, 2.24) is 0 Å². The van der Waals surface area contributed by atoms with Gasteiger partial charge in [-0.25, -0.2) is 8.78 Å². The second kappa shape index (κ2) is 8.93. The van der Waals surface area contributed by atoms with Gasteiger partial charge < -0.3 is 0 Å². The normalized spacial score (nSPS) is 31.2. The SMILES string of the molecule is Cc1ccccc1C(=O)P(=O)(OC1CCCCC1F)OC1CCCCC1F. The van der Waals surface area contributed by atoms with Crippen LogP contribution >= 0.6 is 7.60 Å². The zero-order valence-corrected chi connectivity index (χ0v) is 16.5. The summed E-state index contributed by atoms with van der Waals surface area (Å²) in [7, 11) is -4.39. The molecule has 150 valence electrons. The van der Waals surface area contributed by atoms with Crippen molar-refractivity contribution in [2.45, 2.75) is 82.8 Å². The summed E-state index contributed by atoms with van der Waals surface area (Å²) in [6, 6.07) is 6.67. The number of hydrogen-bond acceptors (Lipinski definition) is 4. The average molecular weight is 400 g/mol. The summed E-state index contributed by atoms with van der Waals surface area (Å²) < 4.78 is 53.3. The number of alkyl halides is 2. The number of aryl methyl sites for hydroxylation is 1. The number of rotatable bonds is 6. The zero-order chi connectivity index (χ0) is 19.4. The highest BCUT2D eigenvalue weighted by Crippen LogP contribution is 2.56. The Morgan fingerprint density at radius 3 is 1.89 bits per heavy atom. The highest BCUT2D eigenvalue weighted by Gasteiger charge is 2.45. The lowest BCUT2D eigenvalue weighted by Gasteiger charge is -2.33. The van der Waals surface area contributed by atoms with E-state index >= 15 is 0 Å². The van der Waals surface area contributed by atoms with Gasteiger partial charge in [-0.15, -0.1) is 0 Å². The molecule has 7 heteroatoms. The molecule has 2 fully saturated rings. The van der Waals surface area contributed by atoms with Crippen LogP contribution in [0.5, 0.6) is 0 Å². The second-order valence-electron chi connectivity index (χ2n) is 7.51. The van der Waals surface area contributed by atoms with Gasteiger partial charge in [0.1, 0.15) is 12.3 Å². The van der Waals surface area contributed by atoms with E-state index in [1.165, 1.54) is 0 Å². The minimum atomic E-state index is -4.39. The van der Waals surface area contributed by atoms with Crippen LogP contribution in [-0.4, -0.2) is 30.1 Å². The van der Waals surface area contributed by atoms with E-state index in [9.17, 15) is 18.1 Å². The van der Waals surface area contributed by atoms with E-state index in [1.807, 2.05) is 0 Å². The molecule has 3 rings (SSSR count). The van der Waals surface area contributed by atoms with Gasteiger partial charge in [-0.05, 0) is 38.2 Å². The van der Waals surface area contributed by atoms with E-state index in [0.717, 1.165) is 25.7 Å². The summed E-state index contributed by atoms with van der Waals surface area (Å²) in [6.45, 7) is 1.72. The lowest BCUT2D eigenvalue weighted by molar-refractivity contribution is 0.0119. The standard InChI is InChI=1S/C20H27F2O4P/c1-14-8-2-3-9-15(14)20(23)27(24,25-18-12-6-4-10-16(18)21)26-19-13-7-5-11-17(19)22/h2-3,8-9,16-19H,4-7,10-13H2,1H3. The maximum Gasteiger partial charge on any atom is 0.402 e. The topological polar surface area (TPSA) is 52.6 Å². The van der Waals surface area contributed by atoms with Crippen molar-refractivity contribution in [3.05, 3.63) is 35.4 Å². The lowest BCUT2D eigenvalue weighted by Crippen LogP contribution is -2.33. The molecular formula is C20H27F2O4P. The van der Waals surface area contributed by atoms with Crippen molar-refractivity contribution >= 4 is 13.1 Å². The van der Waals surface area contributed by atoms with Crippen LogP contribution in [0.2, 0.25) is 0 Å². The summed E-state index contributed by atoms with van der Waals surface area (Å²) in [5, 5.41) is 0. The van der Waals surface area contributed by atoms with Crippen molar-refractivity contribution in [1.29, 1.82) is 0 Å². The van der Waals surface area contributed by atoms with Crippen LogP contribution in [0.4, 0.5) is 8.78 Å². The van der Waals surface area contributed by atoms with Crippen LogP contribution in [-0.2, 0) is 13.6 Å². The molecule has 4 nitrogen and oxygen atoms in total. The van der Waals surface area contributed by atoms with Gasteiger partial charge in [-0.2, -0.15) is 0 Å². The van der Waals surface area contributed by atoms with E-state index in [4.69, 9.17) is 9.05 Å². The molecule has 0 heterocycles. The average Bonchev–Trinajstić information content (AvgIpc) is 2.65. The van der Waals surface area contributed by atoms with Crippen molar-refractivity contribution in [2.75, 3.05) is 0 Å². The molecule has 0 amide bonds.